The van der Waals surface area contributed by atoms with Crippen molar-refractivity contribution in [2.24, 2.45) is 0 Å². The lowest BCUT2D eigenvalue weighted by Gasteiger charge is -2.20. The summed E-state index contributed by atoms with van der Waals surface area (Å²) in [6.07, 6.45) is 43.5. The molecule has 0 saturated heterocycles. The fraction of sp³-hybridized carbons (Fsp3) is 0.958. The third-order valence-corrected chi connectivity index (χ3v) is 12.2. The first kappa shape index (κ1) is 58.0. The van der Waals surface area contributed by atoms with Crippen LogP contribution in [0.25, 0.3) is 0 Å². The second-order valence-electron chi connectivity index (χ2n) is 17.2. The zero-order valence-electron chi connectivity index (χ0n) is 38.5. The molecule has 0 radical (unpaired) electrons. The largest absolute Gasteiger partial charge is 0.472 e. The molecule has 3 atom stereocenters. The molecule has 0 heterocycles. The van der Waals surface area contributed by atoms with Crippen LogP contribution >= 0.6 is 7.82 Å². The van der Waals surface area contributed by atoms with Crippen LogP contribution in [0.3, 0.4) is 0 Å². The first-order chi connectivity index (χ1) is 28.7. The Morgan fingerprint density at radius 1 is 0.441 bits per heavy atom. The van der Waals surface area contributed by atoms with Crippen LogP contribution in [0.5, 0.6) is 0 Å². The fourth-order valence-electron chi connectivity index (χ4n) is 7.41. The van der Waals surface area contributed by atoms with Crippen LogP contribution < -0.4 is 0 Å². The molecule has 0 aliphatic rings. The average molecular weight is 863 g/mol. The van der Waals surface area contributed by atoms with Gasteiger partial charge in [0.05, 0.1) is 19.8 Å². The summed E-state index contributed by atoms with van der Waals surface area (Å²) >= 11 is 0. The maximum atomic E-state index is 12.7. The summed E-state index contributed by atoms with van der Waals surface area (Å²) in [6, 6.07) is 0. The number of esters is 2. The summed E-state index contributed by atoms with van der Waals surface area (Å²) in [5, 5.41) is 18.4. The van der Waals surface area contributed by atoms with Crippen molar-refractivity contribution in [3.05, 3.63) is 0 Å². The molecule has 0 amide bonds. The molecule has 3 N–H and O–H groups in total. The van der Waals surface area contributed by atoms with Crippen molar-refractivity contribution < 1.29 is 47.8 Å². The summed E-state index contributed by atoms with van der Waals surface area (Å²) in [7, 11) is -4.61. The van der Waals surface area contributed by atoms with E-state index in [-0.39, 0.29) is 19.4 Å². The lowest BCUT2D eigenvalue weighted by Crippen LogP contribution is -2.29. The van der Waals surface area contributed by atoms with Gasteiger partial charge in [-0.1, -0.05) is 232 Å². The van der Waals surface area contributed by atoms with Crippen LogP contribution in [0.1, 0.15) is 258 Å². The topological polar surface area (TPSA) is 149 Å². The van der Waals surface area contributed by atoms with E-state index in [9.17, 15) is 24.2 Å². The summed E-state index contributed by atoms with van der Waals surface area (Å²) in [5.41, 5.74) is 0. The molecule has 0 aromatic rings. The first-order valence-electron chi connectivity index (χ1n) is 25.0. The normalized spacial score (nSPS) is 13.6. The minimum Gasteiger partial charge on any atom is -0.462 e. The van der Waals surface area contributed by atoms with E-state index in [1.807, 2.05) is 0 Å². The van der Waals surface area contributed by atoms with Crippen molar-refractivity contribution in [1.82, 2.24) is 0 Å². The second kappa shape index (κ2) is 45.0. The van der Waals surface area contributed by atoms with Gasteiger partial charge >= 0.3 is 19.8 Å². The maximum Gasteiger partial charge on any atom is 0.472 e. The lowest BCUT2D eigenvalue weighted by atomic mass is 10.0. The molecule has 0 aromatic carbocycles. The van der Waals surface area contributed by atoms with Crippen LogP contribution in [0.15, 0.2) is 0 Å². The number of rotatable bonds is 48. The maximum absolute atomic E-state index is 12.7. The molecule has 11 heteroatoms. The van der Waals surface area contributed by atoms with Crippen LogP contribution in [-0.2, 0) is 32.7 Å². The van der Waals surface area contributed by atoms with Crippen molar-refractivity contribution in [2.75, 3.05) is 26.4 Å². The number of phosphoric acid groups is 1. The number of ether oxygens (including phenoxy) is 2. The smallest absolute Gasteiger partial charge is 0.462 e. The van der Waals surface area contributed by atoms with E-state index in [0.29, 0.717) is 12.8 Å². The number of hydrogen-bond donors (Lipinski definition) is 3. The zero-order chi connectivity index (χ0) is 43.3. The minimum atomic E-state index is -4.61. The SMILES string of the molecule is CCCCCCCCCCCCCCCCCCCCCC(=O)OC[C@H](COP(=O)(O)OC[C@@H](O)CO)OC(=O)CCCCCCCCCCCCCCCCCCC. The summed E-state index contributed by atoms with van der Waals surface area (Å²) in [5.74, 6) is -0.903. The van der Waals surface area contributed by atoms with Gasteiger partial charge in [0.15, 0.2) is 6.10 Å². The molecule has 1 unspecified atom stereocenters. The number of aliphatic hydroxyl groups is 2. The Kier molecular flexibility index (Phi) is 44.2. The van der Waals surface area contributed by atoms with Gasteiger partial charge in [0, 0.05) is 12.8 Å². The standard InChI is InChI=1S/C48H95O10P/c1-3-5-7-9-11-13-15-17-19-21-22-24-25-27-29-31-33-35-37-39-47(51)55-43-46(44-57-59(53,54)56-42-45(50)41-49)58-48(52)40-38-36-34-32-30-28-26-23-20-18-16-14-12-10-8-6-4-2/h45-46,49-50H,3-44H2,1-2H3,(H,53,54)/t45-,46+/m0/s1. The third-order valence-electron chi connectivity index (χ3n) is 11.3. The molecular weight excluding hydrogens is 767 g/mol. The number of unbranched alkanes of at least 4 members (excludes halogenated alkanes) is 34. The Balaban J connectivity index is 4.14. The highest BCUT2D eigenvalue weighted by Crippen LogP contribution is 2.43. The highest BCUT2D eigenvalue weighted by atomic mass is 31.2. The average Bonchev–Trinajstić information content (AvgIpc) is 3.22. The monoisotopic (exact) mass is 863 g/mol. The van der Waals surface area contributed by atoms with Crippen LogP contribution in [0.2, 0.25) is 0 Å². The number of phosphoric ester groups is 1. The van der Waals surface area contributed by atoms with E-state index in [0.717, 1.165) is 32.1 Å². The molecular formula is C48H95O10P. The Bertz CT molecular complexity index is 951. The van der Waals surface area contributed by atoms with Gasteiger partial charge in [-0.05, 0) is 12.8 Å². The molecule has 0 aromatic heterocycles. The van der Waals surface area contributed by atoms with Crippen molar-refractivity contribution in [2.45, 2.75) is 270 Å². The van der Waals surface area contributed by atoms with Gasteiger partial charge in [0.2, 0.25) is 0 Å². The molecule has 10 nitrogen and oxygen atoms in total. The predicted octanol–water partition coefficient (Wildman–Crippen LogP) is 13.8. The number of carbonyl (C=O) groups excluding carboxylic acids is 2. The molecule has 0 spiro atoms. The molecule has 0 rings (SSSR count). The molecule has 0 aliphatic heterocycles. The van der Waals surface area contributed by atoms with Gasteiger partial charge in [-0.25, -0.2) is 4.57 Å². The number of aliphatic hydroxyl groups excluding tert-OH is 2. The Hall–Kier alpha value is -1.03. The van der Waals surface area contributed by atoms with Crippen LogP contribution in [0.4, 0.5) is 0 Å². The zero-order valence-corrected chi connectivity index (χ0v) is 39.4. The van der Waals surface area contributed by atoms with Gasteiger partial charge in [-0.3, -0.25) is 18.6 Å². The highest BCUT2D eigenvalue weighted by Gasteiger charge is 2.27. The molecule has 0 fully saturated rings. The Labute approximate surface area is 363 Å². The van der Waals surface area contributed by atoms with Crippen molar-refractivity contribution in [3.8, 4) is 0 Å². The van der Waals surface area contributed by atoms with E-state index >= 15 is 0 Å². The van der Waals surface area contributed by atoms with Gasteiger partial charge in [0.1, 0.15) is 12.7 Å². The summed E-state index contributed by atoms with van der Waals surface area (Å²) < 4.78 is 32.9. The highest BCUT2D eigenvalue weighted by molar-refractivity contribution is 7.47. The van der Waals surface area contributed by atoms with Gasteiger partial charge in [0.25, 0.3) is 0 Å². The van der Waals surface area contributed by atoms with Crippen LogP contribution in [0, 0.1) is 0 Å². The Morgan fingerprint density at radius 2 is 0.729 bits per heavy atom. The third kappa shape index (κ3) is 44.8. The van der Waals surface area contributed by atoms with Gasteiger partial charge in [-0.15, -0.1) is 0 Å². The van der Waals surface area contributed by atoms with E-state index in [4.69, 9.17) is 23.6 Å². The van der Waals surface area contributed by atoms with Crippen molar-refractivity contribution in [3.63, 3.8) is 0 Å². The van der Waals surface area contributed by atoms with Crippen LogP contribution in [-0.4, -0.2) is 65.7 Å². The molecule has 352 valence electrons. The van der Waals surface area contributed by atoms with E-state index in [1.54, 1.807) is 0 Å². The summed E-state index contributed by atoms with van der Waals surface area (Å²) in [4.78, 5) is 35.1. The first-order valence-corrected chi connectivity index (χ1v) is 26.5. The quantitative estimate of drug-likeness (QED) is 0.0306. The van der Waals surface area contributed by atoms with E-state index < -0.39 is 51.8 Å². The summed E-state index contributed by atoms with van der Waals surface area (Å²) in [6.45, 7) is 2.45. The van der Waals surface area contributed by atoms with E-state index in [1.165, 1.54) is 186 Å². The lowest BCUT2D eigenvalue weighted by molar-refractivity contribution is -0.161. The van der Waals surface area contributed by atoms with Crippen molar-refractivity contribution in [1.29, 1.82) is 0 Å². The van der Waals surface area contributed by atoms with E-state index in [2.05, 4.69) is 13.8 Å². The van der Waals surface area contributed by atoms with Gasteiger partial charge in [-0.2, -0.15) is 0 Å². The second-order valence-corrected chi connectivity index (χ2v) is 18.7. The fourth-order valence-corrected chi connectivity index (χ4v) is 8.20. The molecule has 0 aliphatic carbocycles. The van der Waals surface area contributed by atoms with Gasteiger partial charge < -0.3 is 24.6 Å². The molecule has 0 saturated carbocycles. The minimum absolute atomic E-state index is 0.193. The van der Waals surface area contributed by atoms with Crippen molar-refractivity contribution >= 4 is 19.8 Å². The Morgan fingerprint density at radius 3 is 1.05 bits per heavy atom. The number of hydrogen-bond acceptors (Lipinski definition) is 9. The molecule has 0 bridgehead atoms. The number of carbonyl (C=O) groups is 2. The molecule has 59 heavy (non-hydrogen) atoms. The predicted molar refractivity (Wildman–Crippen MR) is 242 cm³/mol.